The quantitative estimate of drug-likeness (QED) is 0.706. The molecule has 6 nitrogen and oxygen atoms in total. The van der Waals surface area contributed by atoms with E-state index in [1.807, 2.05) is 19.1 Å². The van der Waals surface area contributed by atoms with Crippen LogP contribution in [0.25, 0.3) is 0 Å². The highest BCUT2D eigenvalue weighted by molar-refractivity contribution is 6.00. The Labute approximate surface area is 151 Å². The zero-order valence-electron chi connectivity index (χ0n) is 14.2. The van der Waals surface area contributed by atoms with Crippen LogP contribution in [0.15, 0.2) is 49.1 Å². The molecule has 0 saturated heterocycles. The Kier molecular flexibility index (Phi) is 4.71. The van der Waals surface area contributed by atoms with Crippen molar-refractivity contribution < 1.29 is 25.2 Å². The molecule has 2 atom stereocenters. The second kappa shape index (κ2) is 6.82. The van der Waals surface area contributed by atoms with Gasteiger partial charge in [-0.3, -0.25) is 4.79 Å². The van der Waals surface area contributed by atoms with E-state index in [2.05, 4.69) is 11.9 Å². The molecule has 2 aromatic rings. The van der Waals surface area contributed by atoms with E-state index in [0.29, 0.717) is 5.56 Å². The summed E-state index contributed by atoms with van der Waals surface area (Å²) < 4.78 is 0. The van der Waals surface area contributed by atoms with E-state index >= 15 is 0 Å². The molecule has 0 aromatic heterocycles. The van der Waals surface area contributed by atoms with Crippen molar-refractivity contribution in [3.05, 3.63) is 65.7 Å². The molecule has 0 bridgehead atoms. The van der Waals surface area contributed by atoms with Crippen LogP contribution in [0, 0.1) is 6.92 Å². The number of anilines is 1. The Morgan fingerprint density at radius 3 is 2.31 bits per heavy atom. The first-order chi connectivity index (χ1) is 12.3. The van der Waals surface area contributed by atoms with Gasteiger partial charge in [-0.15, -0.1) is 12.2 Å². The van der Waals surface area contributed by atoms with E-state index in [0.717, 1.165) is 17.7 Å². The number of rotatable bonds is 4. The highest BCUT2D eigenvalue weighted by Crippen LogP contribution is 2.50. The lowest BCUT2D eigenvalue weighted by Gasteiger charge is -2.62. The van der Waals surface area contributed by atoms with Gasteiger partial charge in [-0.25, -0.2) is 0 Å². The summed E-state index contributed by atoms with van der Waals surface area (Å²) in [6.45, 7) is 5.25. The van der Waals surface area contributed by atoms with Crippen molar-refractivity contribution in [2.45, 2.75) is 31.0 Å². The van der Waals surface area contributed by atoms with Gasteiger partial charge in [-0.2, -0.15) is 0 Å². The predicted molar refractivity (Wildman–Crippen MR) is 92.8 cm³/mol. The number of hydrogen-bond acceptors (Lipinski definition) is 5. The van der Waals surface area contributed by atoms with E-state index in [-0.39, 0.29) is 17.0 Å². The van der Waals surface area contributed by atoms with Gasteiger partial charge < -0.3 is 25.7 Å². The van der Waals surface area contributed by atoms with Crippen molar-refractivity contribution in [2.75, 3.05) is 5.32 Å². The Bertz CT molecular complexity index is 836. The van der Waals surface area contributed by atoms with Crippen LogP contribution in [0.3, 0.4) is 0 Å². The summed E-state index contributed by atoms with van der Waals surface area (Å²) in [5.74, 6) is -3.00. The van der Waals surface area contributed by atoms with Crippen molar-refractivity contribution in [3.63, 3.8) is 0 Å². The SMILES string of the molecule is C=CC(=O)Nc1cc(O)cc(O)c1C1C([O-])C(c2ccc(C)cc2)C1[O-]. The third kappa shape index (κ3) is 3.05. The minimum Gasteiger partial charge on any atom is -0.851 e. The molecule has 6 heteroatoms. The molecule has 1 fully saturated rings. The van der Waals surface area contributed by atoms with E-state index in [1.54, 1.807) is 12.1 Å². The number of amides is 1. The van der Waals surface area contributed by atoms with Gasteiger partial charge >= 0.3 is 0 Å². The maximum atomic E-state index is 12.8. The standard InChI is InChI=1S/C20H19NO5/c1-3-15(24)21-13-8-12(22)9-14(23)17(13)18-19(25)16(20(18)26)11-6-4-10(2)5-7-11/h3-9,16,18-20,22-23H,1H2,2H3,(H,21,24)/q-2. The molecular formula is C20H19NO5-2. The summed E-state index contributed by atoms with van der Waals surface area (Å²) in [4.78, 5) is 11.6. The third-order valence-corrected chi connectivity index (χ3v) is 4.80. The molecule has 0 aliphatic heterocycles. The molecule has 0 spiro atoms. The number of phenolic OH excluding ortho intramolecular Hbond substituents is 2. The first kappa shape index (κ1) is 18.0. The van der Waals surface area contributed by atoms with Gasteiger partial charge in [0.2, 0.25) is 5.91 Å². The number of phenols is 2. The van der Waals surface area contributed by atoms with Crippen LogP contribution >= 0.6 is 0 Å². The third-order valence-electron chi connectivity index (χ3n) is 4.80. The van der Waals surface area contributed by atoms with Crippen LogP contribution in [-0.4, -0.2) is 28.3 Å². The molecule has 0 radical (unpaired) electrons. The molecule has 1 amide bonds. The van der Waals surface area contributed by atoms with E-state index in [9.17, 15) is 25.2 Å². The molecule has 136 valence electrons. The molecule has 1 aliphatic rings. The Morgan fingerprint density at radius 1 is 1.12 bits per heavy atom. The first-order valence-electron chi connectivity index (χ1n) is 8.21. The largest absolute Gasteiger partial charge is 0.851 e. The van der Waals surface area contributed by atoms with E-state index < -0.39 is 35.7 Å². The fourth-order valence-electron chi connectivity index (χ4n) is 3.43. The number of benzene rings is 2. The van der Waals surface area contributed by atoms with Gasteiger partial charge in [-0.05, 0) is 30.4 Å². The van der Waals surface area contributed by atoms with Crippen LogP contribution < -0.4 is 15.5 Å². The van der Waals surface area contributed by atoms with Crippen LogP contribution in [0.5, 0.6) is 11.5 Å². The maximum Gasteiger partial charge on any atom is 0.247 e. The molecule has 2 aromatic carbocycles. The minimum atomic E-state index is -1.27. The van der Waals surface area contributed by atoms with Gasteiger partial charge in [-0.1, -0.05) is 36.4 Å². The predicted octanol–water partition coefficient (Wildman–Crippen LogP) is 0.870. The second-order valence-corrected chi connectivity index (χ2v) is 6.51. The van der Waals surface area contributed by atoms with Crippen molar-refractivity contribution in [3.8, 4) is 11.5 Å². The number of carbonyl (C=O) groups is 1. The number of nitrogens with one attached hydrogen (secondary N) is 1. The highest BCUT2D eigenvalue weighted by Gasteiger charge is 2.41. The topological polar surface area (TPSA) is 116 Å². The van der Waals surface area contributed by atoms with Crippen LogP contribution in [0.1, 0.15) is 28.5 Å². The van der Waals surface area contributed by atoms with Gasteiger partial charge in [0.25, 0.3) is 0 Å². The fraction of sp³-hybridized carbons (Fsp3) is 0.250. The Hall–Kier alpha value is -2.83. The lowest BCUT2D eigenvalue weighted by atomic mass is 9.63. The molecule has 3 rings (SSSR count). The van der Waals surface area contributed by atoms with Gasteiger partial charge in [0.1, 0.15) is 11.5 Å². The Balaban J connectivity index is 1.96. The lowest BCUT2D eigenvalue weighted by Crippen LogP contribution is -2.63. The van der Waals surface area contributed by atoms with Gasteiger partial charge in [0, 0.05) is 17.7 Å². The molecule has 2 unspecified atom stereocenters. The summed E-state index contributed by atoms with van der Waals surface area (Å²) in [5, 5.41) is 47.9. The first-order valence-corrected chi connectivity index (χ1v) is 8.21. The molecule has 26 heavy (non-hydrogen) atoms. The molecule has 3 N–H and O–H groups in total. The minimum absolute atomic E-state index is 0.0430. The second-order valence-electron chi connectivity index (χ2n) is 6.51. The molecule has 1 aliphatic carbocycles. The average Bonchev–Trinajstić information content (AvgIpc) is 2.59. The summed E-state index contributed by atoms with van der Waals surface area (Å²) in [6, 6.07) is 9.48. The summed E-state index contributed by atoms with van der Waals surface area (Å²) >= 11 is 0. The summed E-state index contributed by atoms with van der Waals surface area (Å²) in [5.41, 5.74) is 1.80. The number of aryl methyl sites for hydroxylation is 1. The molecular weight excluding hydrogens is 334 g/mol. The van der Waals surface area contributed by atoms with Gasteiger partial charge in [0.05, 0.1) is 5.69 Å². The van der Waals surface area contributed by atoms with Crippen molar-refractivity contribution in [1.82, 2.24) is 0 Å². The van der Waals surface area contributed by atoms with Crippen molar-refractivity contribution in [2.24, 2.45) is 0 Å². The maximum absolute atomic E-state index is 12.8. The highest BCUT2D eigenvalue weighted by atomic mass is 16.3. The van der Waals surface area contributed by atoms with Crippen LogP contribution in [0.2, 0.25) is 0 Å². The zero-order valence-corrected chi connectivity index (χ0v) is 14.2. The number of aromatic hydroxyl groups is 2. The Morgan fingerprint density at radius 2 is 1.73 bits per heavy atom. The van der Waals surface area contributed by atoms with Crippen LogP contribution in [0.4, 0.5) is 5.69 Å². The average molecular weight is 353 g/mol. The number of carbonyl (C=O) groups excluding carboxylic acids is 1. The summed E-state index contributed by atoms with van der Waals surface area (Å²) in [6.07, 6.45) is -1.52. The lowest BCUT2D eigenvalue weighted by molar-refractivity contribution is -0.536. The smallest absolute Gasteiger partial charge is 0.247 e. The molecule has 1 saturated carbocycles. The number of hydrogen-bond donors (Lipinski definition) is 3. The molecule has 0 heterocycles. The fourth-order valence-corrected chi connectivity index (χ4v) is 3.43. The van der Waals surface area contributed by atoms with E-state index in [4.69, 9.17) is 0 Å². The summed E-state index contributed by atoms with van der Waals surface area (Å²) in [7, 11) is 0. The normalized spacial score (nSPS) is 24.6. The van der Waals surface area contributed by atoms with Crippen molar-refractivity contribution >= 4 is 11.6 Å². The monoisotopic (exact) mass is 353 g/mol. The van der Waals surface area contributed by atoms with Crippen LogP contribution in [-0.2, 0) is 4.79 Å². The zero-order chi connectivity index (χ0) is 19.0. The van der Waals surface area contributed by atoms with E-state index in [1.165, 1.54) is 6.07 Å². The van der Waals surface area contributed by atoms with Gasteiger partial charge in [0.15, 0.2) is 0 Å². The van der Waals surface area contributed by atoms with Crippen molar-refractivity contribution in [1.29, 1.82) is 0 Å².